The summed E-state index contributed by atoms with van der Waals surface area (Å²) < 4.78 is 40.7. The number of hydrogen-bond donors (Lipinski definition) is 1. The smallest absolute Gasteiger partial charge is 0.244 e. The maximum atomic E-state index is 14.4. The van der Waals surface area contributed by atoms with Gasteiger partial charge in [0.25, 0.3) is 0 Å². The van der Waals surface area contributed by atoms with Gasteiger partial charge in [-0.2, -0.15) is 0 Å². The second kappa shape index (κ2) is 12.0. The average Bonchev–Trinajstić information content (AvgIpc) is 2.76. The first-order chi connectivity index (χ1) is 16.0. The predicted molar refractivity (Wildman–Crippen MR) is 132 cm³/mol. The van der Waals surface area contributed by atoms with E-state index in [-0.39, 0.29) is 18.0 Å². The van der Waals surface area contributed by atoms with Gasteiger partial charge < -0.3 is 10.2 Å². The molecule has 2 aromatic rings. The molecule has 2 aromatic carbocycles. The van der Waals surface area contributed by atoms with Crippen LogP contribution < -0.4 is 9.62 Å². The van der Waals surface area contributed by atoms with E-state index in [0.29, 0.717) is 17.8 Å². The molecule has 2 rings (SSSR count). The first kappa shape index (κ1) is 27.3. The van der Waals surface area contributed by atoms with Crippen molar-refractivity contribution in [3.05, 3.63) is 65.0 Å². The highest BCUT2D eigenvalue weighted by Gasteiger charge is 2.30. The molecule has 0 saturated carbocycles. The van der Waals surface area contributed by atoms with Gasteiger partial charge in [0.1, 0.15) is 18.4 Å². The Labute approximate surface area is 202 Å². The molecule has 0 aliphatic carbocycles. The molecule has 0 heterocycles. The molecule has 0 aliphatic heterocycles. The number of benzene rings is 2. The van der Waals surface area contributed by atoms with E-state index >= 15 is 0 Å². The SMILES string of the molecule is CCCCNC(=O)C(C)N(Cc1ccccc1F)C(=O)CN(c1ccc(C)cc1C)S(C)(=O)=O. The molecule has 34 heavy (non-hydrogen) atoms. The third kappa shape index (κ3) is 7.28. The van der Waals surface area contributed by atoms with Crippen LogP contribution in [-0.2, 0) is 26.2 Å². The van der Waals surface area contributed by atoms with Crippen molar-refractivity contribution in [3.8, 4) is 0 Å². The monoisotopic (exact) mass is 491 g/mol. The zero-order chi connectivity index (χ0) is 25.5. The highest BCUT2D eigenvalue weighted by molar-refractivity contribution is 7.92. The fourth-order valence-corrected chi connectivity index (χ4v) is 4.52. The van der Waals surface area contributed by atoms with Crippen molar-refractivity contribution in [2.75, 3.05) is 23.7 Å². The summed E-state index contributed by atoms with van der Waals surface area (Å²) in [5, 5.41) is 2.79. The molecule has 0 aliphatic rings. The average molecular weight is 492 g/mol. The number of amides is 2. The van der Waals surface area contributed by atoms with E-state index in [2.05, 4.69) is 5.32 Å². The summed E-state index contributed by atoms with van der Waals surface area (Å²) >= 11 is 0. The molecule has 9 heteroatoms. The van der Waals surface area contributed by atoms with Crippen LogP contribution in [0, 0.1) is 19.7 Å². The van der Waals surface area contributed by atoms with Gasteiger partial charge in [0, 0.05) is 18.7 Å². The van der Waals surface area contributed by atoms with Gasteiger partial charge in [-0.15, -0.1) is 0 Å². The summed E-state index contributed by atoms with van der Waals surface area (Å²) in [6.45, 7) is 6.99. The Kier molecular flexibility index (Phi) is 9.61. The molecular weight excluding hydrogens is 457 g/mol. The highest BCUT2D eigenvalue weighted by Crippen LogP contribution is 2.24. The van der Waals surface area contributed by atoms with Gasteiger partial charge in [-0.25, -0.2) is 12.8 Å². The summed E-state index contributed by atoms with van der Waals surface area (Å²) in [7, 11) is -3.82. The number of nitrogens with one attached hydrogen (secondary N) is 1. The van der Waals surface area contributed by atoms with Gasteiger partial charge >= 0.3 is 0 Å². The molecule has 186 valence electrons. The number of rotatable bonds is 11. The van der Waals surface area contributed by atoms with Crippen molar-refractivity contribution in [2.45, 2.75) is 53.1 Å². The molecule has 0 spiro atoms. The van der Waals surface area contributed by atoms with Crippen LogP contribution in [-0.4, -0.2) is 50.5 Å². The fourth-order valence-electron chi connectivity index (χ4n) is 3.61. The van der Waals surface area contributed by atoms with E-state index in [1.54, 1.807) is 32.0 Å². The summed E-state index contributed by atoms with van der Waals surface area (Å²) in [6, 6.07) is 10.3. The van der Waals surface area contributed by atoms with E-state index in [1.165, 1.54) is 23.1 Å². The van der Waals surface area contributed by atoms with Crippen LogP contribution in [0.1, 0.15) is 43.4 Å². The van der Waals surface area contributed by atoms with Gasteiger partial charge in [-0.05, 0) is 44.9 Å². The maximum absolute atomic E-state index is 14.4. The quantitative estimate of drug-likeness (QED) is 0.487. The number of aryl methyl sites for hydroxylation is 2. The minimum Gasteiger partial charge on any atom is -0.354 e. The molecule has 0 saturated heterocycles. The minimum atomic E-state index is -3.82. The summed E-state index contributed by atoms with van der Waals surface area (Å²) in [4.78, 5) is 27.4. The Morgan fingerprint density at radius 2 is 1.79 bits per heavy atom. The summed E-state index contributed by atoms with van der Waals surface area (Å²) in [6.07, 6.45) is 2.71. The molecule has 1 N–H and O–H groups in total. The Morgan fingerprint density at radius 3 is 2.38 bits per heavy atom. The maximum Gasteiger partial charge on any atom is 0.244 e. The minimum absolute atomic E-state index is 0.168. The lowest BCUT2D eigenvalue weighted by Gasteiger charge is -2.32. The van der Waals surface area contributed by atoms with Crippen molar-refractivity contribution in [3.63, 3.8) is 0 Å². The zero-order valence-electron chi connectivity index (χ0n) is 20.5. The number of hydrogen-bond acceptors (Lipinski definition) is 4. The summed E-state index contributed by atoms with van der Waals surface area (Å²) in [5.74, 6) is -1.49. The van der Waals surface area contributed by atoms with Crippen molar-refractivity contribution in [2.24, 2.45) is 0 Å². The lowest BCUT2D eigenvalue weighted by atomic mass is 10.1. The number of nitrogens with zero attached hydrogens (tertiary/aromatic N) is 2. The number of carbonyl (C=O) groups excluding carboxylic acids is 2. The first-order valence-corrected chi connectivity index (χ1v) is 13.2. The second-order valence-electron chi connectivity index (χ2n) is 8.49. The molecule has 0 radical (unpaired) electrons. The van der Waals surface area contributed by atoms with E-state index in [1.807, 2.05) is 19.9 Å². The van der Waals surface area contributed by atoms with Crippen molar-refractivity contribution < 1.29 is 22.4 Å². The lowest BCUT2D eigenvalue weighted by molar-refractivity contribution is -0.139. The molecule has 7 nitrogen and oxygen atoms in total. The van der Waals surface area contributed by atoms with Gasteiger partial charge in [-0.3, -0.25) is 13.9 Å². The largest absolute Gasteiger partial charge is 0.354 e. The van der Waals surface area contributed by atoms with Crippen LogP contribution >= 0.6 is 0 Å². The summed E-state index contributed by atoms with van der Waals surface area (Å²) in [5.41, 5.74) is 2.28. The van der Waals surface area contributed by atoms with E-state index in [9.17, 15) is 22.4 Å². The fraction of sp³-hybridized carbons (Fsp3) is 0.440. The lowest BCUT2D eigenvalue weighted by Crippen LogP contribution is -2.51. The third-order valence-corrected chi connectivity index (χ3v) is 6.72. The number of halogens is 1. The van der Waals surface area contributed by atoms with Crippen LogP contribution in [0.2, 0.25) is 0 Å². The molecule has 1 atom stereocenters. The van der Waals surface area contributed by atoms with Crippen LogP contribution in [0.3, 0.4) is 0 Å². The van der Waals surface area contributed by atoms with Crippen molar-refractivity contribution in [1.82, 2.24) is 10.2 Å². The van der Waals surface area contributed by atoms with E-state index in [4.69, 9.17) is 0 Å². The number of sulfonamides is 1. The first-order valence-electron chi connectivity index (χ1n) is 11.3. The van der Waals surface area contributed by atoms with Gasteiger partial charge in [0.15, 0.2) is 0 Å². The van der Waals surface area contributed by atoms with Gasteiger partial charge in [0.05, 0.1) is 11.9 Å². The van der Waals surface area contributed by atoms with Crippen molar-refractivity contribution >= 4 is 27.5 Å². The molecule has 0 bridgehead atoms. The zero-order valence-corrected chi connectivity index (χ0v) is 21.3. The van der Waals surface area contributed by atoms with Crippen LogP contribution in [0.25, 0.3) is 0 Å². The topological polar surface area (TPSA) is 86.8 Å². The second-order valence-corrected chi connectivity index (χ2v) is 10.4. The third-order valence-electron chi connectivity index (χ3n) is 5.60. The Balaban J connectivity index is 2.39. The van der Waals surface area contributed by atoms with Crippen LogP contribution in [0.5, 0.6) is 0 Å². The normalized spacial score (nSPS) is 12.2. The Morgan fingerprint density at radius 1 is 1.12 bits per heavy atom. The highest BCUT2D eigenvalue weighted by atomic mass is 32.2. The number of carbonyl (C=O) groups is 2. The Bertz CT molecular complexity index is 1120. The van der Waals surface area contributed by atoms with Crippen LogP contribution in [0.15, 0.2) is 42.5 Å². The number of anilines is 1. The van der Waals surface area contributed by atoms with E-state index in [0.717, 1.165) is 29.0 Å². The van der Waals surface area contributed by atoms with Gasteiger partial charge in [0.2, 0.25) is 21.8 Å². The number of unbranched alkanes of at least 4 members (excludes halogenated alkanes) is 1. The molecule has 2 amide bonds. The van der Waals surface area contributed by atoms with Crippen LogP contribution in [0.4, 0.5) is 10.1 Å². The molecule has 0 fully saturated rings. The van der Waals surface area contributed by atoms with Crippen molar-refractivity contribution in [1.29, 1.82) is 0 Å². The van der Waals surface area contributed by atoms with E-state index < -0.39 is 34.3 Å². The molecule has 1 unspecified atom stereocenters. The predicted octanol–water partition coefficient (Wildman–Crippen LogP) is 3.54. The molecular formula is C25H34FN3O4S. The van der Waals surface area contributed by atoms with Gasteiger partial charge in [-0.1, -0.05) is 49.2 Å². The standard InChI is InChI=1S/C25H34FN3O4S/c1-6-7-14-27-25(31)20(4)28(16-21-10-8-9-11-22(21)26)24(30)17-29(34(5,32)33)23-13-12-18(2)15-19(23)3/h8-13,15,20H,6-7,14,16-17H2,1-5H3,(H,27,31). The molecule has 0 aromatic heterocycles. The Hall–Kier alpha value is -2.94.